The molecule has 3 heteroatoms. The summed E-state index contributed by atoms with van der Waals surface area (Å²) in [7, 11) is 0. The number of rotatable bonds is 6. The Kier molecular flexibility index (Phi) is 5.00. The second kappa shape index (κ2) is 6.73. The van der Waals surface area contributed by atoms with Crippen molar-refractivity contribution in [3.63, 3.8) is 0 Å². The number of nitrogens with zero attached hydrogens (tertiary/aromatic N) is 1. The van der Waals surface area contributed by atoms with Gasteiger partial charge in [0.1, 0.15) is 0 Å². The predicted octanol–water partition coefficient (Wildman–Crippen LogP) is 3.91. The third-order valence-electron chi connectivity index (χ3n) is 3.34. The first-order chi connectivity index (χ1) is 9.22. The van der Waals surface area contributed by atoms with Gasteiger partial charge in [-0.25, -0.2) is 0 Å². The molecular weight excluding hydrogens is 252 g/mol. The van der Waals surface area contributed by atoms with Crippen LogP contribution in [0.1, 0.15) is 29.2 Å². The molecule has 2 nitrogen and oxygen atoms in total. The lowest BCUT2D eigenvalue weighted by Gasteiger charge is -2.20. The molecule has 102 valence electrons. The number of benzene rings is 1. The van der Waals surface area contributed by atoms with E-state index in [2.05, 4.69) is 43.0 Å². The summed E-state index contributed by atoms with van der Waals surface area (Å²) in [6.07, 6.45) is 1.13. The topological polar surface area (TPSA) is 29.3 Å². The van der Waals surface area contributed by atoms with E-state index in [0.29, 0.717) is 0 Å². The molecule has 1 aromatic carbocycles. The number of aryl methyl sites for hydroxylation is 1. The van der Waals surface area contributed by atoms with E-state index in [-0.39, 0.29) is 0 Å². The van der Waals surface area contributed by atoms with Crippen molar-refractivity contribution >= 4 is 17.0 Å². The Bertz CT molecular complexity index is 519. The Morgan fingerprint density at radius 3 is 2.37 bits per heavy atom. The van der Waals surface area contributed by atoms with Gasteiger partial charge < -0.3 is 5.73 Å². The molecule has 1 heterocycles. The molecule has 0 aliphatic heterocycles. The molecule has 2 rings (SSSR count). The number of hydrogen-bond donors (Lipinski definition) is 1. The van der Waals surface area contributed by atoms with Gasteiger partial charge in [0.25, 0.3) is 0 Å². The minimum Gasteiger partial charge on any atom is -0.398 e. The fourth-order valence-electron chi connectivity index (χ4n) is 2.12. The van der Waals surface area contributed by atoms with Crippen LogP contribution in [0.2, 0.25) is 0 Å². The highest BCUT2D eigenvalue weighted by atomic mass is 32.1. The van der Waals surface area contributed by atoms with E-state index >= 15 is 0 Å². The summed E-state index contributed by atoms with van der Waals surface area (Å²) < 4.78 is 0. The first kappa shape index (κ1) is 14.1. The largest absolute Gasteiger partial charge is 0.398 e. The number of nitrogens with two attached hydrogens (primary N) is 1. The summed E-state index contributed by atoms with van der Waals surface area (Å²) in [4.78, 5) is 5.33. The van der Waals surface area contributed by atoms with Crippen LogP contribution in [0.25, 0.3) is 0 Å². The molecule has 0 radical (unpaired) electrons. The standard InChI is InChI=1S/C16H22N2S/c1-3-14-9-10-15(19-14)12-18(4-2)11-13-7-5-6-8-16(13)17/h5-10H,3-4,11-12,17H2,1-2H3. The van der Waals surface area contributed by atoms with Gasteiger partial charge >= 0.3 is 0 Å². The van der Waals surface area contributed by atoms with E-state index in [4.69, 9.17) is 5.73 Å². The highest BCUT2D eigenvalue weighted by molar-refractivity contribution is 7.11. The van der Waals surface area contributed by atoms with E-state index in [1.54, 1.807) is 0 Å². The van der Waals surface area contributed by atoms with Crippen molar-refractivity contribution in [2.24, 2.45) is 0 Å². The maximum Gasteiger partial charge on any atom is 0.0359 e. The zero-order valence-electron chi connectivity index (χ0n) is 11.7. The van der Waals surface area contributed by atoms with Crippen LogP contribution < -0.4 is 5.73 Å². The van der Waals surface area contributed by atoms with E-state index in [0.717, 1.165) is 31.7 Å². The lowest BCUT2D eigenvalue weighted by molar-refractivity contribution is 0.274. The summed E-state index contributed by atoms with van der Waals surface area (Å²) in [6, 6.07) is 12.6. The summed E-state index contributed by atoms with van der Waals surface area (Å²) in [6.45, 7) is 7.37. The van der Waals surface area contributed by atoms with Crippen LogP contribution in [-0.2, 0) is 19.5 Å². The highest BCUT2D eigenvalue weighted by Crippen LogP contribution is 2.20. The molecule has 0 saturated carbocycles. The monoisotopic (exact) mass is 274 g/mol. The van der Waals surface area contributed by atoms with Crippen molar-refractivity contribution < 1.29 is 0 Å². The van der Waals surface area contributed by atoms with Crippen LogP contribution in [0.4, 0.5) is 5.69 Å². The number of thiophene rings is 1. The third kappa shape index (κ3) is 3.82. The van der Waals surface area contributed by atoms with Gasteiger partial charge in [0.15, 0.2) is 0 Å². The molecule has 19 heavy (non-hydrogen) atoms. The van der Waals surface area contributed by atoms with Gasteiger partial charge in [0.2, 0.25) is 0 Å². The van der Waals surface area contributed by atoms with Crippen LogP contribution in [0, 0.1) is 0 Å². The molecule has 0 fully saturated rings. The minimum atomic E-state index is 0.890. The molecule has 0 unspecified atom stereocenters. The smallest absolute Gasteiger partial charge is 0.0359 e. The zero-order valence-corrected chi connectivity index (χ0v) is 12.5. The fourth-order valence-corrected chi connectivity index (χ4v) is 3.12. The lowest BCUT2D eigenvalue weighted by atomic mass is 10.1. The Labute approximate surface area is 119 Å². The second-order valence-corrected chi connectivity index (χ2v) is 5.98. The molecule has 2 N–H and O–H groups in total. The van der Waals surface area contributed by atoms with Gasteiger partial charge in [-0.15, -0.1) is 11.3 Å². The number of para-hydroxylation sites is 1. The summed E-state index contributed by atoms with van der Waals surface area (Å²) in [5, 5.41) is 0. The summed E-state index contributed by atoms with van der Waals surface area (Å²) in [5.41, 5.74) is 8.13. The Morgan fingerprint density at radius 2 is 1.74 bits per heavy atom. The zero-order chi connectivity index (χ0) is 13.7. The summed E-state index contributed by atoms with van der Waals surface area (Å²) >= 11 is 1.92. The molecule has 0 spiro atoms. The van der Waals surface area contributed by atoms with Gasteiger partial charge in [0, 0.05) is 28.5 Å². The van der Waals surface area contributed by atoms with E-state index in [1.807, 2.05) is 23.5 Å². The molecule has 0 aliphatic carbocycles. The minimum absolute atomic E-state index is 0.890. The molecule has 0 amide bonds. The average Bonchev–Trinajstić information content (AvgIpc) is 2.88. The maximum atomic E-state index is 6.02. The van der Waals surface area contributed by atoms with Crippen LogP contribution >= 0.6 is 11.3 Å². The van der Waals surface area contributed by atoms with Crippen molar-refractivity contribution in [2.45, 2.75) is 33.4 Å². The number of hydrogen-bond acceptors (Lipinski definition) is 3. The summed E-state index contributed by atoms with van der Waals surface area (Å²) in [5.74, 6) is 0. The molecule has 0 aliphatic rings. The normalized spacial score (nSPS) is 11.1. The Hall–Kier alpha value is -1.32. The van der Waals surface area contributed by atoms with E-state index in [1.165, 1.54) is 15.3 Å². The van der Waals surface area contributed by atoms with Crippen LogP contribution in [0.15, 0.2) is 36.4 Å². The molecule has 2 aromatic rings. The van der Waals surface area contributed by atoms with Crippen LogP contribution in [0.3, 0.4) is 0 Å². The quantitative estimate of drug-likeness (QED) is 0.809. The lowest BCUT2D eigenvalue weighted by Crippen LogP contribution is -2.22. The van der Waals surface area contributed by atoms with Crippen LogP contribution in [-0.4, -0.2) is 11.4 Å². The van der Waals surface area contributed by atoms with E-state index in [9.17, 15) is 0 Å². The first-order valence-electron chi connectivity index (χ1n) is 6.86. The maximum absolute atomic E-state index is 6.02. The first-order valence-corrected chi connectivity index (χ1v) is 7.68. The van der Waals surface area contributed by atoms with Crippen LogP contribution in [0.5, 0.6) is 0 Å². The van der Waals surface area contributed by atoms with Gasteiger partial charge in [-0.2, -0.15) is 0 Å². The van der Waals surface area contributed by atoms with Crippen molar-refractivity contribution in [1.82, 2.24) is 4.90 Å². The van der Waals surface area contributed by atoms with Gasteiger partial charge in [-0.1, -0.05) is 32.0 Å². The SMILES string of the molecule is CCc1ccc(CN(CC)Cc2ccccc2N)s1. The van der Waals surface area contributed by atoms with Gasteiger partial charge in [0.05, 0.1) is 0 Å². The molecule has 0 bridgehead atoms. The van der Waals surface area contributed by atoms with Gasteiger partial charge in [-0.05, 0) is 36.7 Å². The second-order valence-electron chi connectivity index (χ2n) is 4.72. The third-order valence-corrected chi connectivity index (χ3v) is 4.56. The number of nitrogen functional groups attached to an aromatic ring is 1. The molecule has 1 aromatic heterocycles. The molecular formula is C16H22N2S. The fraction of sp³-hybridized carbons (Fsp3) is 0.375. The van der Waals surface area contributed by atoms with E-state index < -0.39 is 0 Å². The van der Waals surface area contributed by atoms with Crippen molar-refractivity contribution in [1.29, 1.82) is 0 Å². The van der Waals surface area contributed by atoms with Crippen molar-refractivity contribution in [3.8, 4) is 0 Å². The Morgan fingerprint density at radius 1 is 1.00 bits per heavy atom. The molecule has 0 saturated heterocycles. The predicted molar refractivity (Wildman–Crippen MR) is 84.3 cm³/mol. The van der Waals surface area contributed by atoms with Crippen molar-refractivity contribution in [3.05, 3.63) is 51.7 Å². The number of anilines is 1. The van der Waals surface area contributed by atoms with Gasteiger partial charge in [-0.3, -0.25) is 4.90 Å². The average molecular weight is 274 g/mol. The molecule has 0 atom stereocenters. The van der Waals surface area contributed by atoms with Crippen molar-refractivity contribution in [2.75, 3.05) is 12.3 Å². The highest BCUT2D eigenvalue weighted by Gasteiger charge is 2.08. The Balaban J connectivity index is 2.02.